The van der Waals surface area contributed by atoms with Crippen molar-refractivity contribution in [2.75, 3.05) is 12.4 Å². The number of allylic oxidation sites excluding steroid dienone is 2. The Hall–Kier alpha value is -2.68. The van der Waals surface area contributed by atoms with E-state index in [9.17, 15) is 4.39 Å². The maximum absolute atomic E-state index is 14.4. The van der Waals surface area contributed by atoms with Gasteiger partial charge in [0.05, 0.1) is 0 Å². The Bertz CT molecular complexity index is 702. The average molecular weight is 280 g/mol. The fourth-order valence-electron chi connectivity index (χ4n) is 2.20. The second kappa shape index (κ2) is 6.66. The lowest BCUT2D eigenvalue weighted by Crippen LogP contribution is -1.93. The number of nitrogens with one attached hydrogen (secondary N) is 1. The summed E-state index contributed by atoms with van der Waals surface area (Å²) in [4.78, 5) is 3.67. The molecular formula is C18H17FN2. The predicted molar refractivity (Wildman–Crippen MR) is 89.1 cm³/mol. The predicted octanol–water partition coefficient (Wildman–Crippen LogP) is 4.76. The van der Waals surface area contributed by atoms with E-state index in [0.29, 0.717) is 11.1 Å². The topological polar surface area (TPSA) is 24.4 Å². The number of benzene rings is 2. The highest BCUT2D eigenvalue weighted by Crippen LogP contribution is 2.30. The van der Waals surface area contributed by atoms with Gasteiger partial charge >= 0.3 is 0 Å². The van der Waals surface area contributed by atoms with Crippen LogP contribution in [0.25, 0.3) is 16.7 Å². The van der Waals surface area contributed by atoms with E-state index in [2.05, 4.69) is 23.6 Å². The maximum Gasteiger partial charge on any atom is 0.131 e. The third kappa shape index (κ3) is 3.08. The van der Waals surface area contributed by atoms with Crippen LogP contribution in [-0.4, -0.2) is 13.8 Å². The van der Waals surface area contributed by atoms with Gasteiger partial charge in [-0.1, -0.05) is 43.0 Å². The van der Waals surface area contributed by atoms with Crippen molar-refractivity contribution in [3.05, 3.63) is 72.7 Å². The highest BCUT2D eigenvalue weighted by molar-refractivity contribution is 5.80. The van der Waals surface area contributed by atoms with E-state index < -0.39 is 0 Å². The van der Waals surface area contributed by atoms with Crippen molar-refractivity contribution in [3.63, 3.8) is 0 Å². The first-order valence-electron chi connectivity index (χ1n) is 6.56. The Balaban J connectivity index is 2.51. The van der Waals surface area contributed by atoms with E-state index in [1.165, 1.54) is 12.3 Å². The molecule has 0 saturated carbocycles. The molecule has 2 aromatic rings. The molecular weight excluding hydrogens is 263 g/mol. The summed E-state index contributed by atoms with van der Waals surface area (Å²) in [6.45, 7) is 7.06. The van der Waals surface area contributed by atoms with Crippen LogP contribution < -0.4 is 5.32 Å². The number of aliphatic imine (C=N–C) groups is 1. The Labute approximate surface area is 124 Å². The molecule has 2 aromatic carbocycles. The van der Waals surface area contributed by atoms with Gasteiger partial charge in [0.1, 0.15) is 5.82 Å². The molecule has 0 aliphatic heterocycles. The van der Waals surface area contributed by atoms with Gasteiger partial charge in [-0.25, -0.2) is 4.39 Å². The summed E-state index contributed by atoms with van der Waals surface area (Å²) < 4.78 is 14.4. The van der Waals surface area contributed by atoms with Crippen molar-refractivity contribution >= 4 is 18.0 Å². The first kappa shape index (κ1) is 14.7. The number of anilines is 1. The smallest absolute Gasteiger partial charge is 0.131 e. The first-order chi connectivity index (χ1) is 10.2. The molecule has 0 spiro atoms. The zero-order valence-electron chi connectivity index (χ0n) is 11.9. The van der Waals surface area contributed by atoms with Crippen LogP contribution in [0.3, 0.4) is 0 Å². The SMILES string of the molecule is C=C/C(=C\N=C)c1ccc(-c2ccccc2NC)cc1F. The van der Waals surface area contributed by atoms with Crippen molar-refractivity contribution < 1.29 is 4.39 Å². The molecule has 0 aliphatic carbocycles. The van der Waals surface area contributed by atoms with Gasteiger partial charge in [-0.3, -0.25) is 4.99 Å². The van der Waals surface area contributed by atoms with E-state index in [1.54, 1.807) is 12.1 Å². The van der Waals surface area contributed by atoms with Crippen LogP contribution in [0.2, 0.25) is 0 Å². The van der Waals surface area contributed by atoms with Gasteiger partial charge in [-0.15, -0.1) is 0 Å². The van der Waals surface area contributed by atoms with Gasteiger partial charge in [0.2, 0.25) is 0 Å². The maximum atomic E-state index is 14.4. The molecule has 0 heterocycles. The van der Waals surface area contributed by atoms with E-state index in [-0.39, 0.29) is 5.82 Å². The minimum atomic E-state index is -0.312. The number of halogens is 1. The average Bonchev–Trinajstić information content (AvgIpc) is 2.53. The summed E-state index contributed by atoms with van der Waals surface area (Å²) >= 11 is 0. The van der Waals surface area contributed by atoms with Crippen LogP contribution in [0.5, 0.6) is 0 Å². The Morgan fingerprint density at radius 3 is 2.62 bits per heavy atom. The number of para-hydroxylation sites is 1. The lowest BCUT2D eigenvalue weighted by molar-refractivity contribution is 0.625. The summed E-state index contributed by atoms with van der Waals surface area (Å²) in [7, 11) is 1.85. The molecule has 0 bridgehead atoms. The van der Waals surface area contributed by atoms with Crippen LogP contribution in [0.4, 0.5) is 10.1 Å². The molecule has 0 unspecified atom stereocenters. The zero-order chi connectivity index (χ0) is 15.2. The Morgan fingerprint density at radius 1 is 1.24 bits per heavy atom. The van der Waals surface area contributed by atoms with Gasteiger partial charge in [-0.05, 0) is 24.4 Å². The standard InChI is InChI=1S/C18H17FN2/c1-4-13(12-20-2)15-10-9-14(11-17(15)19)16-7-5-6-8-18(16)21-3/h4-12,21H,1-2H2,3H3/b13-12+. The molecule has 106 valence electrons. The fourth-order valence-corrected chi connectivity index (χ4v) is 2.20. The van der Waals surface area contributed by atoms with Crippen molar-refractivity contribution in [1.29, 1.82) is 0 Å². The second-order valence-corrected chi connectivity index (χ2v) is 4.46. The van der Waals surface area contributed by atoms with E-state index in [4.69, 9.17) is 0 Å². The molecule has 0 saturated heterocycles. The minimum absolute atomic E-state index is 0.312. The number of rotatable bonds is 5. The van der Waals surface area contributed by atoms with Crippen LogP contribution in [-0.2, 0) is 0 Å². The molecule has 2 nitrogen and oxygen atoms in total. The van der Waals surface area contributed by atoms with E-state index in [0.717, 1.165) is 16.8 Å². The first-order valence-corrected chi connectivity index (χ1v) is 6.56. The summed E-state index contributed by atoms with van der Waals surface area (Å²) in [5.41, 5.74) is 3.79. The summed E-state index contributed by atoms with van der Waals surface area (Å²) in [5.74, 6) is -0.312. The third-order valence-electron chi connectivity index (χ3n) is 3.24. The largest absolute Gasteiger partial charge is 0.388 e. The van der Waals surface area contributed by atoms with Gasteiger partial charge in [0.15, 0.2) is 0 Å². The van der Waals surface area contributed by atoms with Crippen molar-refractivity contribution in [3.8, 4) is 11.1 Å². The molecule has 3 heteroatoms. The van der Waals surface area contributed by atoms with Crippen LogP contribution in [0, 0.1) is 5.82 Å². The monoisotopic (exact) mass is 280 g/mol. The van der Waals surface area contributed by atoms with Gasteiger partial charge in [0.25, 0.3) is 0 Å². The summed E-state index contributed by atoms with van der Waals surface area (Å²) in [6, 6.07) is 12.9. The molecule has 0 atom stereocenters. The lowest BCUT2D eigenvalue weighted by Gasteiger charge is -2.11. The Kier molecular flexibility index (Phi) is 4.67. The van der Waals surface area contributed by atoms with Gasteiger partial charge in [0, 0.05) is 35.6 Å². The number of hydrogen-bond donors (Lipinski definition) is 1. The van der Waals surface area contributed by atoms with Crippen molar-refractivity contribution in [2.24, 2.45) is 4.99 Å². The lowest BCUT2D eigenvalue weighted by atomic mass is 9.99. The summed E-state index contributed by atoms with van der Waals surface area (Å²) in [5, 5.41) is 3.11. The van der Waals surface area contributed by atoms with Crippen LogP contribution >= 0.6 is 0 Å². The summed E-state index contributed by atoms with van der Waals surface area (Å²) in [6.07, 6.45) is 3.06. The molecule has 0 aliphatic rings. The number of nitrogens with zero attached hydrogens (tertiary/aromatic N) is 1. The quantitative estimate of drug-likeness (QED) is 0.619. The second-order valence-electron chi connectivity index (χ2n) is 4.46. The third-order valence-corrected chi connectivity index (χ3v) is 3.24. The molecule has 1 N–H and O–H groups in total. The molecule has 2 rings (SSSR count). The highest BCUT2D eigenvalue weighted by atomic mass is 19.1. The molecule has 21 heavy (non-hydrogen) atoms. The normalized spacial score (nSPS) is 11.0. The number of hydrogen-bond acceptors (Lipinski definition) is 2. The fraction of sp³-hybridized carbons (Fsp3) is 0.0556. The van der Waals surface area contributed by atoms with Gasteiger partial charge in [-0.2, -0.15) is 0 Å². The highest BCUT2D eigenvalue weighted by Gasteiger charge is 2.09. The molecule has 0 fully saturated rings. The van der Waals surface area contributed by atoms with Crippen LogP contribution in [0.1, 0.15) is 5.56 Å². The molecule has 0 amide bonds. The molecule has 0 radical (unpaired) electrons. The minimum Gasteiger partial charge on any atom is -0.388 e. The zero-order valence-corrected chi connectivity index (χ0v) is 11.9. The van der Waals surface area contributed by atoms with E-state index in [1.807, 2.05) is 37.4 Å². The van der Waals surface area contributed by atoms with Crippen molar-refractivity contribution in [1.82, 2.24) is 0 Å². The van der Waals surface area contributed by atoms with E-state index >= 15 is 0 Å². The molecule has 0 aromatic heterocycles. The van der Waals surface area contributed by atoms with Gasteiger partial charge < -0.3 is 5.32 Å². The van der Waals surface area contributed by atoms with Crippen molar-refractivity contribution in [2.45, 2.75) is 0 Å². The Morgan fingerprint density at radius 2 is 2.00 bits per heavy atom. The van der Waals surface area contributed by atoms with Crippen LogP contribution in [0.15, 0.2) is 66.3 Å².